The molecule has 7 nitrogen and oxygen atoms in total. The lowest BCUT2D eigenvalue weighted by Crippen LogP contribution is -1.98. The molecule has 4 aromatic heterocycles. The van der Waals surface area contributed by atoms with Crippen LogP contribution < -0.4 is 5.32 Å². The molecule has 4 heterocycles. The predicted molar refractivity (Wildman–Crippen MR) is 106 cm³/mol. The van der Waals surface area contributed by atoms with Crippen LogP contribution in [0.3, 0.4) is 0 Å². The summed E-state index contributed by atoms with van der Waals surface area (Å²) in [7, 11) is 3.94. The Morgan fingerprint density at radius 1 is 1.00 bits per heavy atom. The minimum absolute atomic E-state index is 0.805. The Balaban J connectivity index is 1.65. The van der Waals surface area contributed by atoms with E-state index in [-0.39, 0.29) is 0 Å². The number of hydrogen-bond acceptors (Lipinski definition) is 4. The van der Waals surface area contributed by atoms with Gasteiger partial charge in [0.15, 0.2) is 11.5 Å². The van der Waals surface area contributed by atoms with Crippen molar-refractivity contribution in [1.29, 1.82) is 0 Å². The van der Waals surface area contributed by atoms with E-state index in [1.807, 2.05) is 53.3 Å². The average molecular weight is 357 g/mol. The highest BCUT2D eigenvalue weighted by molar-refractivity contribution is 5.85. The van der Waals surface area contributed by atoms with Crippen LogP contribution in [0.5, 0.6) is 0 Å². The SMILES string of the molecule is Cc1cc(Nc2cc(-c3ccc4ncn(C)c4c3)cn3ccnc23)nn1C. The maximum Gasteiger partial charge on any atom is 0.160 e. The average Bonchev–Trinajstić information content (AvgIpc) is 3.35. The quantitative estimate of drug-likeness (QED) is 0.535. The zero-order valence-electron chi connectivity index (χ0n) is 15.4. The molecule has 0 aliphatic heterocycles. The van der Waals surface area contributed by atoms with Gasteiger partial charge < -0.3 is 14.3 Å². The van der Waals surface area contributed by atoms with Crippen molar-refractivity contribution in [2.24, 2.45) is 14.1 Å². The predicted octanol–water partition coefficient (Wildman–Crippen LogP) is 3.67. The number of aryl methyl sites for hydroxylation is 3. The van der Waals surface area contributed by atoms with Crippen molar-refractivity contribution in [3.63, 3.8) is 0 Å². The fraction of sp³-hybridized carbons (Fsp3) is 0.150. The zero-order chi connectivity index (χ0) is 18.5. The van der Waals surface area contributed by atoms with Gasteiger partial charge in [0, 0.05) is 50.0 Å². The molecule has 0 saturated heterocycles. The molecule has 0 radical (unpaired) electrons. The highest BCUT2D eigenvalue weighted by atomic mass is 15.3. The molecule has 0 spiro atoms. The molecule has 5 rings (SSSR count). The minimum Gasteiger partial charge on any atom is -0.336 e. The van der Waals surface area contributed by atoms with Crippen LogP contribution in [-0.4, -0.2) is 28.7 Å². The normalized spacial score (nSPS) is 11.5. The molecule has 0 atom stereocenters. The Bertz CT molecular complexity index is 1270. The monoisotopic (exact) mass is 357 g/mol. The number of rotatable bonds is 3. The fourth-order valence-corrected chi connectivity index (χ4v) is 3.35. The van der Waals surface area contributed by atoms with Crippen LogP contribution in [0.2, 0.25) is 0 Å². The number of hydrogen-bond donors (Lipinski definition) is 1. The van der Waals surface area contributed by atoms with Crippen molar-refractivity contribution in [3.05, 3.63) is 60.9 Å². The third-order valence-corrected chi connectivity index (χ3v) is 4.92. The van der Waals surface area contributed by atoms with E-state index in [0.29, 0.717) is 0 Å². The second-order valence-electron chi connectivity index (χ2n) is 6.78. The summed E-state index contributed by atoms with van der Waals surface area (Å²) in [5.74, 6) is 0.805. The van der Waals surface area contributed by atoms with Crippen molar-refractivity contribution < 1.29 is 0 Å². The van der Waals surface area contributed by atoms with E-state index in [1.54, 1.807) is 6.20 Å². The Kier molecular flexibility index (Phi) is 3.30. The van der Waals surface area contributed by atoms with Crippen LogP contribution in [0.4, 0.5) is 11.5 Å². The van der Waals surface area contributed by atoms with Gasteiger partial charge in [0.25, 0.3) is 0 Å². The van der Waals surface area contributed by atoms with E-state index in [9.17, 15) is 0 Å². The molecule has 0 amide bonds. The molecule has 0 saturated carbocycles. The van der Waals surface area contributed by atoms with Crippen molar-refractivity contribution >= 4 is 28.2 Å². The van der Waals surface area contributed by atoms with Gasteiger partial charge in [0.2, 0.25) is 0 Å². The number of benzene rings is 1. The van der Waals surface area contributed by atoms with E-state index in [1.165, 1.54) is 0 Å². The van der Waals surface area contributed by atoms with Gasteiger partial charge >= 0.3 is 0 Å². The summed E-state index contributed by atoms with van der Waals surface area (Å²) >= 11 is 0. The van der Waals surface area contributed by atoms with Gasteiger partial charge in [-0.05, 0) is 30.7 Å². The number of imidazole rings is 2. The fourth-order valence-electron chi connectivity index (χ4n) is 3.35. The van der Waals surface area contributed by atoms with Crippen molar-refractivity contribution in [2.75, 3.05) is 5.32 Å². The minimum atomic E-state index is 0.805. The summed E-state index contributed by atoms with van der Waals surface area (Å²) < 4.78 is 5.91. The number of anilines is 2. The van der Waals surface area contributed by atoms with Crippen molar-refractivity contribution in [1.82, 2.24) is 28.7 Å². The second-order valence-corrected chi connectivity index (χ2v) is 6.78. The van der Waals surface area contributed by atoms with Crippen LogP contribution in [0.1, 0.15) is 5.69 Å². The summed E-state index contributed by atoms with van der Waals surface area (Å²) in [4.78, 5) is 8.89. The molecular weight excluding hydrogens is 338 g/mol. The Labute approximate surface area is 155 Å². The third-order valence-electron chi connectivity index (χ3n) is 4.92. The number of nitrogens with zero attached hydrogens (tertiary/aromatic N) is 6. The molecular formula is C20H19N7. The highest BCUT2D eigenvalue weighted by Crippen LogP contribution is 2.29. The van der Waals surface area contributed by atoms with Gasteiger partial charge in [-0.25, -0.2) is 9.97 Å². The zero-order valence-corrected chi connectivity index (χ0v) is 15.4. The van der Waals surface area contributed by atoms with Crippen LogP contribution >= 0.6 is 0 Å². The lowest BCUT2D eigenvalue weighted by molar-refractivity contribution is 0.743. The summed E-state index contributed by atoms with van der Waals surface area (Å²) in [6.45, 7) is 2.03. The van der Waals surface area contributed by atoms with E-state index < -0.39 is 0 Å². The molecule has 0 fully saturated rings. The van der Waals surface area contributed by atoms with E-state index in [4.69, 9.17) is 0 Å². The Hall–Kier alpha value is -3.61. The molecule has 0 aliphatic carbocycles. The van der Waals surface area contributed by atoms with Crippen LogP contribution in [0.15, 0.2) is 55.2 Å². The van der Waals surface area contributed by atoms with Gasteiger partial charge in [-0.15, -0.1) is 0 Å². The van der Waals surface area contributed by atoms with Crippen LogP contribution in [0.25, 0.3) is 27.8 Å². The van der Waals surface area contributed by atoms with Crippen LogP contribution in [0, 0.1) is 6.92 Å². The second kappa shape index (κ2) is 5.70. The lowest BCUT2D eigenvalue weighted by Gasteiger charge is -2.10. The smallest absolute Gasteiger partial charge is 0.160 e. The first-order valence-electron chi connectivity index (χ1n) is 8.74. The van der Waals surface area contributed by atoms with Crippen molar-refractivity contribution in [2.45, 2.75) is 6.92 Å². The maximum absolute atomic E-state index is 4.50. The van der Waals surface area contributed by atoms with Gasteiger partial charge in [-0.3, -0.25) is 4.68 Å². The maximum atomic E-state index is 4.50. The molecule has 7 heteroatoms. The largest absolute Gasteiger partial charge is 0.336 e. The molecule has 5 aromatic rings. The van der Waals surface area contributed by atoms with Crippen LogP contribution in [-0.2, 0) is 14.1 Å². The summed E-state index contributed by atoms with van der Waals surface area (Å²) in [6.07, 6.45) is 7.69. The molecule has 1 N–H and O–H groups in total. The van der Waals surface area contributed by atoms with Gasteiger partial charge in [0.1, 0.15) is 0 Å². The van der Waals surface area contributed by atoms with Gasteiger partial charge in [-0.1, -0.05) is 6.07 Å². The van der Waals surface area contributed by atoms with Crippen molar-refractivity contribution in [3.8, 4) is 11.1 Å². The summed E-state index contributed by atoms with van der Waals surface area (Å²) in [6, 6.07) is 10.5. The first-order valence-corrected chi connectivity index (χ1v) is 8.74. The molecule has 1 aromatic carbocycles. The highest BCUT2D eigenvalue weighted by Gasteiger charge is 2.11. The first kappa shape index (κ1) is 15.6. The Morgan fingerprint density at radius 3 is 2.70 bits per heavy atom. The summed E-state index contributed by atoms with van der Waals surface area (Å²) in [5, 5.41) is 7.92. The topological polar surface area (TPSA) is 65.0 Å². The molecule has 0 aliphatic rings. The number of aromatic nitrogens is 6. The van der Waals surface area contributed by atoms with Gasteiger partial charge in [0.05, 0.1) is 23.0 Å². The molecule has 0 bridgehead atoms. The Morgan fingerprint density at radius 2 is 1.89 bits per heavy atom. The van der Waals surface area contributed by atoms with E-state index >= 15 is 0 Å². The third kappa shape index (κ3) is 2.55. The molecule has 27 heavy (non-hydrogen) atoms. The number of pyridine rings is 1. The molecule has 0 unspecified atom stereocenters. The molecule has 134 valence electrons. The van der Waals surface area contributed by atoms with E-state index in [2.05, 4.69) is 50.8 Å². The van der Waals surface area contributed by atoms with E-state index in [0.717, 1.165) is 45.0 Å². The number of fused-ring (bicyclic) bond motifs is 2. The van der Waals surface area contributed by atoms with Gasteiger partial charge in [-0.2, -0.15) is 5.10 Å². The lowest BCUT2D eigenvalue weighted by atomic mass is 10.1. The number of nitrogens with one attached hydrogen (secondary N) is 1. The first-order chi connectivity index (χ1) is 13.1. The standard InChI is InChI=1S/C20H19N7/c1-13-8-19(24-26(13)3)23-17-9-15(11-27-7-6-21-20(17)27)14-4-5-16-18(10-14)25(2)12-22-16/h4-12H,1-3H3,(H,23,24). The summed E-state index contributed by atoms with van der Waals surface area (Å²) in [5.41, 5.74) is 7.19.